The molecule has 1 aliphatic rings. The van der Waals surface area contributed by atoms with Crippen LogP contribution in [0.4, 0.5) is 5.95 Å². The summed E-state index contributed by atoms with van der Waals surface area (Å²) in [5.74, 6) is 0.535. The summed E-state index contributed by atoms with van der Waals surface area (Å²) in [4.78, 5) is 15.4. The molecule has 0 spiro atoms. The minimum Gasteiger partial charge on any atom is -0.347 e. The molecule has 1 atom stereocenters. The van der Waals surface area contributed by atoms with Crippen LogP contribution in [0.2, 0.25) is 5.02 Å². The molecule has 7 nitrogen and oxygen atoms in total. The lowest BCUT2D eigenvalue weighted by Gasteiger charge is -2.26. The summed E-state index contributed by atoms with van der Waals surface area (Å²) in [5, 5.41) is 0.218. The predicted octanol–water partition coefficient (Wildman–Crippen LogP) is 4.09. The Morgan fingerprint density at radius 2 is 1.90 bits per heavy atom. The minimum absolute atomic E-state index is 0.118. The quantitative estimate of drug-likeness (QED) is 0.574. The van der Waals surface area contributed by atoms with E-state index in [1.165, 1.54) is 4.31 Å². The van der Waals surface area contributed by atoms with Crippen molar-refractivity contribution < 1.29 is 8.42 Å². The number of halogens is 1. The van der Waals surface area contributed by atoms with Gasteiger partial charge in [-0.3, -0.25) is 4.98 Å². The maximum absolute atomic E-state index is 13.6. The van der Waals surface area contributed by atoms with E-state index in [-0.39, 0.29) is 9.92 Å². The first-order valence-electron chi connectivity index (χ1n) is 10.0. The largest absolute Gasteiger partial charge is 0.347 e. The highest BCUT2D eigenvalue weighted by atomic mass is 35.5. The molecule has 0 aliphatic carbocycles. The minimum atomic E-state index is -3.79. The van der Waals surface area contributed by atoms with Crippen molar-refractivity contribution in [3.8, 4) is 11.1 Å². The fourth-order valence-corrected chi connectivity index (χ4v) is 6.07. The van der Waals surface area contributed by atoms with E-state index >= 15 is 0 Å². The first-order chi connectivity index (χ1) is 14.8. The Kier molecular flexibility index (Phi) is 5.96. The number of hydrogen-bond acceptors (Lipinski definition) is 6. The van der Waals surface area contributed by atoms with Crippen molar-refractivity contribution in [2.24, 2.45) is 0 Å². The lowest BCUT2D eigenvalue weighted by molar-refractivity contribution is 0.391. The molecule has 1 fully saturated rings. The van der Waals surface area contributed by atoms with E-state index in [0.29, 0.717) is 24.6 Å². The molecule has 2 aromatic heterocycles. The molecule has 0 unspecified atom stereocenters. The van der Waals surface area contributed by atoms with Gasteiger partial charge in [-0.2, -0.15) is 4.31 Å². The van der Waals surface area contributed by atoms with E-state index in [9.17, 15) is 8.42 Å². The number of aromatic nitrogens is 3. The molecule has 0 radical (unpaired) electrons. The number of anilines is 1. The molecular formula is C22H24ClN5O2S. The molecule has 0 N–H and O–H groups in total. The summed E-state index contributed by atoms with van der Waals surface area (Å²) in [7, 11) is -0.0649. The Balaban J connectivity index is 1.87. The van der Waals surface area contributed by atoms with Gasteiger partial charge in [-0.05, 0) is 49.1 Å². The molecule has 9 heteroatoms. The van der Waals surface area contributed by atoms with Crippen LogP contribution in [-0.4, -0.2) is 48.3 Å². The van der Waals surface area contributed by atoms with Crippen molar-refractivity contribution in [1.82, 2.24) is 19.3 Å². The average molecular weight is 458 g/mol. The molecular weight excluding hydrogens is 434 g/mol. The molecule has 3 aromatic rings. The number of aryl methyl sites for hydroxylation is 1. The topological polar surface area (TPSA) is 79.3 Å². The Bertz CT molecular complexity index is 1220. The van der Waals surface area contributed by atoms with Crippen molar-refractivity contribution >= 4 is 27.6 Å². The molecule has 3 heterocycles. The summed E-state index contributed by atoms with van der Waals surface area (Å²) in [5.41, 5.74) is 3.43. The summed E-state index contributed by atoms with van der Waals surface area (Å²) in [6.07, 6.45) is 6.69. The second-order valence-electron chi connectivity index (χ2n) is 7.76. The van der Waals surface area contributed by atoms with E-state index in [1.807, 2.05) is 32.0 Å². The van der Waals surface area contributed by atoms with Gasteiger partial charge in [-0.15, -0.1) is 0 Å². The van der Waals surface area contributed by atoms with Crippen LogP contribution in [0, 0.1) is 6.92 Å². The first kappa shape index (κ1) is 21.7. The molecule has 1 saturated heterocycles. The second kappa shape index (κ2) is 8.53. The summed E-state index contributed by atoms with van der Waals surface area (Å²) in [6, 6.07) is 8.05. The monoisotopic (exact) mass is 457 g/mol. The third-order valence-electron chi connectivity index (χ3n) is 5.46. The normalized spacial score (nSPS) is 17.1. The van der Waals surface area contributed by atoms with Crippen LogP contribution in [0.15, 0.2) is 53.8 Å². The number of pyridine rings is 1. The summed E-state index contributed by atoms with van der Waals surface area (Å²) >= 11 is 6.25. The van der Waals surface area contributed by atoms with E-state index in [0.717, 1.165) is 23.1 Å². The number of nitrogens with zero attached hydrogens (tertiary/aromatic N) is 5. The van der Waals surface area contributed by atoms with Crippen LogP contribution in [0.1, 0.15) is 30.1 Å². The van der Waals surface area contributed by atoms with Crippen molar-refractivity contribution in [2.75, 3.05) is 25.5 Å². The first-order valence-corrected chi connectivity index (χ1v) is 11.8. The van der Waals surface area contributed by atoms with Crippen LogP contribution in [0.25, 0.3) is 11.1 Å². The average Bonchev–Trinajstić information content (AvgIpc) is 3.25. The van der Waals surface area contributed by atoms with Crippen molar-refractivity contribution in [3.63, 3.8) is 0 Å². The van der Waals surface area contributed by atoms with Gasteiger partial charge in [0.15, 0.2) is 0 Å². The molecule has 0 bridgehead atoms. The van der Waals surface area contributed by atoms with E-state index in [2.05, 4.69) is 9.97 Å². The number of benzene rings is 1. The van der Waals surface area contributed by atoms with Crippen LogP contribution >= 0.6 is 11.6 Å². The lowest BCUT2D eigenvalue weighted by atomic mass is 9.98. The molecule has 4 rings (SSSR count). The van der Waals surface area contributed by atoms with Gasteiger partial charge < -0.3 is 4.90 Å². The van der Waals surface area contributed by atoms with Crippen LogP contribution < -0.4 is 4.90 Å². The third-order valence-corrected chi connectivity index (χ3v) is 7.87. The van der Waals surface area contributed by atoms with Gasteiger partial charge in [0.05, 0.1) is 16.8 Å². The maximum atomic E-state index is 13.6. The zero-order chi connectivity index (χ0) is 22.2. The zero-order valence-corrected chi connectivity index (χ0v) is 19.2. The van der Waals surface area contributed by atoms with Gasteiger partial charge in [-0.25, -0.2) is 18.4 Å². The van der Waals surface area contributed by atoms with Crippen LogP contribution in [0.3, 0.4) is 0 Å². The van der Waals surface area contributed by atoms with Crippen molar-refractivity contribution in [2.45, 2.75) is 30.7 Å². The zero-order valence-electron chi connectivity index (χ0n) is 17.7. The Morgan fingerprint density at radius 3 is 2.61 bits per heavy atom. The maximum Gasteiger partial charge on any atom is 0.245 e. The molecule has 0 saturated carbocycles. The highest BCUT2D eigenvalue weighted by Crippen LogP contribution is 2.41. The molecule has 1 aliphatic heterocycles. The Morgan fingerprint density at radius 1 is 1.13 bits per heavy atom. The highest BCUT2D eigenvalue weighted by Gasteiger charge is 2.39. The highest BCUT2D eigenvalue weighted by molar-refractivity contribution is 7.89. The molecule has 31 heavy (non-hydrogen) atoms. The van der Waals surface area contributed by atoms with Crippen LogP contribution in [0.5, 0.6) is 0 Å². The molecule has 162 valence electrons. The lowest BCUT2D eigenvalue weighted by Crippen LogP contribution is -2.32. The van der Waals surface area contributed by atoms with Crippen LogP contribution in [-0.2, 0) is 10.0 Å². The van der Waals surface area contributed by atoms with Gasteiger partial charge in [0.1, 0.15) is 4.90 Å². The van der Waals surface area contributed by atoms with Gasteiger partial charge >= 0.3 is 0 Å². The number of rotatable bonds is 5. The SMILES string of the molecule is Cc1cnccc1-c1cnc(N(C)C)nc1[C@@H]1CCCN1S(=O)(=O)c1ccccc1Cl. The van der Waals surface area contributed by atoms with E-state index in [1.54, 1.807) is 42.9 Å². The van der Waals surface area contributed by atoms with Gasteiger partial charge in [0.25, 0.3) is 0 Å². The summed E-state index contributed by atoms with van der Waals surface area (Å²) < 4.78 is 28.6. The third kappa shape index (κ3) is 4.03. The fraction of sp³-hybridized carbons (Fsp3) is 0.318. The number of sulfonamides is 1. The van der Waals surface area contributed by atoms with Gasteiger partial charge in [0.2, 0.25) is 16.0 Å². The van der Waals surface area contributed by atoms with E-state index < -0.39 is 16.1 Å². The molecule has 1 aromatic carbocycles. The van der Waals surface area contributed by atoms with Gasteiger partial charge in [-0.1, -0.05) is 23.7 Å². The van der Waals surface area contributed by atoms with E-state index in [4.69, 9.17) is 16.6 Å². The second-order valence-corrected chi connectivity index (χ2v) is 10.0. The van der Waals surface area contributed by atoms with Crippen molar-refractivity contribution in [3.05, 3.63) is 65.2 Å². The summed E-state index contributed by atoms with van der Waals surface area (Å²) in [6.45, 7) is 2.38. The smallest absolute Gasteiger partial charge is 0.245 e. The number of hydrogen-bond donors (Lipinski definition) is 0. The standard InChI is InChI=1S/C22H24ClN5O2S/c1-15-13-24-11-10-16(15)17-14-25-22(27(2)3)26-21(17)19-8-6-12-28(19)31(29,30)20-9-5-4-7-18(20)23/h4-5,7,9-11,13-14,19H,6,8,12H2,1-3H3/t19-/m0/s1. The van der Waals surface area contributed by atoms with Crippen molar-refractivity contribution in [1.29, 1.82) is 0 Å². The predicted molar refractivity (Wildman–Crippen MR) is 122 cm³/mol. The Hall–Kier alpha value is -2.55. The molecule has 0 amide bonds. The van der Waals surface area contributed by atoms with Gasteiger partial charge in [0, 0.05) is 44.8 Å². The Labute approximate surface area is 187 Å². The fourth-order valence-electron chi connectivity index (χ4n) is 3.92.